The van der Waals surface area contributed by atoms with E-state index in [1.54, 1.807) is 24.3 Å². The molecule has 0 aliphatic carbocycles. The van der Waals surface area contributed by atoms with E-state index in [0.717, 1.165) is 0 Å². The molecule has 0 spiro atoms. The molecular weight excluding hydrogens is 217 g/mol. The second kappa shape index (κ2) is 3.75. The van der Waals surface area contributed by atoms with Gasteiger partial charge in [0.2, 0.25) is 0 Å². The van der Waals surface area contributed by atoms with Crippen molar-refractivity contribution in [2.75, 3.05) is 0 Å². The van der Waals surface area contributed by atoms with Gasteiger partial charge in [0.05, 0.1) is 5.52 Å². The second-order valence-electron chi connectivity index (χ2n) is 3.44. The van der Waals surface area contributed by atoms with Crippen molar-refractivity contribution in [1.29, 1.82) is 0 Å². The van der Waals surface area contributed by atoms with Crippen LogP contribution in [0.3, 0.4) is 0 Å². The van der Waals surface area contributed by atoms with Crippen molar-refractivity contribution in [3.63, 3.8) is 0 Å². The molecule has 1 heterocycles. The maximum Gasteiger partial charge on any atom is 0.407 e. The number of halogens is 3. The minimum Gasteiger partial charge on any atom is -0.316 e. The third-order valence-electron chi connectivity index (χ3n) is 2.35. The second-order valence-corrected chi connectivity index (χ2v) is 3.44. The Kier molecular flexibility index (Phi) is 2.55. The van der Waals surface area contributed by atoms with E-state index in [1.807, 2.05) is 0 Å². The largest absolute Gasteiger partial charge is 0.407 e. The van der Waals surface area contributed by atoms with Crippen LogP contribution >= 0.6 is 0 Å². The third-order valence-corrected chi connectivity index (χ3v) is 2.35. The summed E-state index contributed by atoms with van der Waals surface area (Å²) >= 11 is 0. The third kappa shape index (κ3) is 1.86. The minimum absolute atomic E-state index is 0.00519. The number of pyridine rings is 1. The van der Waals surface area contributed by atoms with Crippen molar-refractivity contribution in [2.45, 2.75) is 12.2 Å². The Balaban J connectivity index is 2.61. The first-order chi connectivity index (χ1) is 7.50. The monoisotopic (exact) mass is 226 g/mol. The van der Waals surface area contributed by atoms with Gasteiger partial charge in [-0.1, -0.05) is 24.3 Å². The van der Waals surface area contributed by atoms with Crippen LogP contribution in [-0.2, 0) is 0 Å². The maximum atomic E-state index is 12.5. The number of para-hydroxylation sites is 1. The summed E-state index contributed by atoms with van der Waals surface area (Å²) in [5, 5.41) is 0.653. The van der Waals surface area contributed by atoms with Crippen molar-refractivity contribution in [3.8, 4) is 0 Å². The van der Waals surface area contributed by atoms with Crippen LogP contribution in [-0.4, -0.2) is 11.2 Å². The number of rotatable bonds is 1. The highest BCUT2D eigenvalue weighted by atomic mass is 19.4. The molecule has 0 fully saturated rings. The first-order valence-electron chi connectivity index (χ1n) is 4.66. The molecule has 0 bridgehead atoms. The molecular formula is C11H9F3N2. The lowest BCUT2D eigenvalue weighted by Crippen LogP contribution is -2.28. The fourth-order valence-corrected chi connectivity index (χ4v) is 1.56. The van der Waals surface area contributed by atoms with Crippen molar-refractivity contribution < 1.29 is 13.2 Å². The molecule has 0 aliphatic rings. The van der Waals surface area contributed by atoms with E-state index in [9.17, 15) is 13.2 Å². The SMILES string of the molecule is N[C@H](c1cccc2cccnc12)C(F)(F)F. The summed E-state index contributed by atoms with van der Waals surface area (Å²) in [4.78, 5) is 3.94. The van der Waals surface area contributed by atoms with E-state index >= 15 is 0 Å². The summed E-state index contributed by atoms with van der Waals surface area (Å²) < 4.78 is 37.5. The molecule has 2 nitrogen and oxygen atoms in total. The molecule has 1 atom stereocenters. The van der Waals surface area contributed by atoms with E-state index in [-0.39, 0.29) is 5.56 Å². The Morgan fingerprint density at radius 3 is 2.50 bits per heavy atom. The van der Waals surface area contributed by atoms with E-state index < -0.39 is 12.2 Å². The quantitative estimate of drug-likeness (QED) is 0.812. The lowest BCUT2D eigenvalue weighted by molar-refractivity contribution is -0.148. The molecule has 1 aromatic heterocycles. The predicted molar refractivity (Wildman–Crippen MR) is 54.7 cm³/mol. The van der Waals surface area contributed by atoms with Gasteiger partial charge in [0.1, 0.15) is 6.04 Å². The van der Waals surface area contributed by atoms with E-state index in [4.69, 9.17) is 5.73 Å². The molecule has 0 unspecified atom stereocenters. The van der Waals surface area contributed by atoms with Crippen molar-refractivity contribution in [2.24, 2.45) is 5.73 Å². The van der Waals surface area contributed by atoms with Gasteiger partial charge >= 0.3 is 6.18 Å². The van der Waals surface area contributed by atoms with Gasteiger partial charge in [0, 0.05) is 17.1 Å². The van der Waals surface area contributed by atoms with Gasteiger partial charge < -0.3 is 5.73 Å². The van der Waals surface area contributed by atoms with E-state index in [0.29, 0.717) is 10.9 Å². The smallest absolute Gasteiger partial charge is 0.316 e. The van der Waals surface area contributed by atoms with Gasteiger partial charge in [-0.2, -0.15) is 13.2 Å². The number of nitrogens with two attached hydrogens (primary N) is 1. The van der Waals surface area contributed by atoms with Crippen LogP contribution in [0.1, 0.15) is 11.6 Å². The zero-order chi connectivity index (χ0) is 11.8. The molecule has 2 rings (SSSR count). The normalized spacial score (nSPS) is 14.0. The Morgan fingerprint density at radius 2 is 1.81 bits per heavy atom. The van der Waals surface area contributed by atoms with Gasteiger partial charge in [-0.3, -0.25) is 4.98 Å². The summed E-state index contributed by atoms with van der Waals surface area (Å²) in [5.41, 5.74) is 5.48. The highest BCUT2D eigenvalue weighted by molar-refractivity contribution is 5.82. The van der Waals surface area contributed by atoms with Crippen molar-refractivity contribution in [1.82, 2.24) is 4.98 Å². The fourth-order valence-electron chi connectivity index (χ4n) is 1.56. The summed E-state index contributed by atoms with van der Waals surface area (Å²) in [5.74, 6) is 0. The zero-order valence-corrected chi connectivity index (χ0v) is 8.20. The van der Waals surface area contributed by atoms with Crippen LogP contribution < -0.4 is 5.73 Å². The highest BCUT2D eigenvalue weighted by Crippen LogP contribution is 2.33. The number of hydrogen-bond donors (Lipinski definition) is 1. The molecule has 2 N–H and O–H groups in total. The van der Waals surface area contributed by atoms with Crippen LogP contribution in [0.2, 0.25) is 0 Å². The Morgan fingerprint density at radius 1 is 1.12 bits per heavy atom. The van der Waals surface area contributed by atoms with Gasteiger partial charge in [-0.05, 0) is 6.07 Å². The van der Waals surface area contributed by atoms with Crippen molar-refractivity contribution >= 4 is 10.9 Å². The first-order valence-corrected chi connectivity index (χ1v) is 4.66. The Hall–Kier alpha value is -1.62. The summed E-state index contributed by atoms with van der Waals surface area (Å²) in [7, 11) is 0. The highest BCUT2D eigenvalue weighted by Gasteiger charge is 2.38. The maximum absolute atomic E-state index is 12.5. The van der Waals surface area contributed by atoms with E-state index in [2.05, 4.69) is 4.98 Å². The Labute approximate surface area is 89.9 Å². The molecule has 0 aliphatic heterocycles. The van der Waals surface area contributed by atoms with Crippen LogP contribution in [0.15, 0.2) is 36.5 Å². The predicted octanol–water partition coefficient (Wildman–Crippen LogP) is 2.80. The molecule has 0 saturated carbocycles. The summed E-state index contributed by atoms with van der Waals surface area (Å²) in [6.07, 6.45) is -3.00. The van der Waals surface area contributed by atoms with Crippen molar-refractivity contribution in [3.05, 3.63) is 42.1 Å². The van der Waals surface area contributed by atoms with Gasteiger partial charge in [-0.15, -0.1) is 0 Å². The lowest BCUT2D eigenvalue weighted by Gasteiger charge is -2.17. The summed E-state index contributed by atoms with van der Waals surface area (Å²) in [6, 6.07) is 5.99. The Bertz CT molecular complexity index is 503. The fraction of sp³-hybridized carbons (Fsp3) is 0.182. The van der Waals surface area contributed by atoms with Crippen LogP contribution in [0.25, 0.3) is 10.9 Å². The molecule has 0 saturated heterocycles. The van der Waals surface area contributed by atoms with Gasteiger partial charge in [0.15, 0.2) is 0 Å². The number of aromatic nitrogens is 1. The summed E-state index contributed by atoms with van der Waals surface area (Å²) in [6.45, 7) is 0. The molecule has 84 valence electrons. The number of nitrogens with zero attached hydrogens (tertiary/aromatic N) is 1. The van der Waals surface area contributed by atoms with E-state index in [1.165, 1.54) is 12.3 Å². The minimum atomic E-state index is -4.45. The molecule has 1 aromatic carbocycles. The van der Waals surface area contributed by atoms with Crippen LogP contribution in [0.4, 0.5) is 13.2 Å². The molecule has 2 aromatic rings. The molecule has 0 amide bonds. The van der Waals surface area contributed by atoms with Gasteiger partial charge in [0.25, 0.3) is 0 Å². The molecule has 5 heteroatoms. The number of fused-ring (bicyclic) bond motifs is 1. The number of benzene rings is 1. The standard InChI is InChI=1S/C11H9F3N2/c12-11(13,14)10(15)8-5-1-3-7-4-2-6-16-9(7)8/h1-6,10H,15H2/t10-/m1/s1. The molecule has 0 radical (unpaired) electrons. The average Bonchev–Trinajstić information content (AvgIpc) is 2.26. The molecule has 16 heavy (non-hydrogen) atoms. The number of hydrogen-bond acceptors (Lipinski definition) is 2. The first kappa shape index (κ1) is 10.9. The topological polar surface area (TPSA) is 38.9 Å². The average molecular weight is 226 g/mol. The number of alkyl halides is 3. The van der Waals surface area contributed by atoms with Crippen LogP contribution in [0.5, 0.6) is 0 Å². The zero-order valence-electron chi connectivity index (χ0n) is 8.20. The lowest BCUT2D eigenvalue weighted by atomic mass is 10.0. The van der Waals surface area contributed by atoms with Gasteiger partial charge in [-0.25, -0.2) is 0 Å². The van der Waals surface area contributed by atoms with Crippen LogP contribution in [0, 0.1) is 0 Å².